The summed E-state index contributed by atoms with van der Waals surface area (Å²) >= 11 is 0. The second kappa shape index (κ2) is 10.2. The van der Waals surface area contributed by atoms with Crippen LogP contribution >= 0.6 is 0 Å². The van der Waals surface area contributed by atoms with E-state index in [1.165, 1.54) is 0 Å². The van der Waals surface area contributed by atoms with Crippen molar-refractivity contribution in [2.45, 2.75) is 73.0 Å². The van der Waals surface area contributed by atoms with Crippen molar-refractivity contribution < 1.29 is 9.59 Å². The van der Waals surface area contributed by atoms with Crippen LogP contribution in [-0.2, 0) is 22.6 Å². The third-order valence-corrected chi connectivity index (χ3v) is 5.24. The minimum Gasteiger partial charge on any atom is -0.352 e. The normalized spacial score (nSPS) is 12.9. The summed E-state index contributed by atoms with van der Waals surface area (Å²) in [4.78, 5) is 27.7. The molecule has 0 aliphatic carbocycles. The van der Waals surface area contributed by atoms with Gasteiger partial charge in [-0.25, -0.2) is 0 Å². The van der Waals surface area contributed by atoms with E-state index in [4.69, 9.17) is 0 Å². The number of amides is 2. The summed E-state index contributed by atoms with van der Waals surface area (Å²) in [7, 11) is 0. The summed E-state index contributed by atoms with van der Waals surface area (Å²) < 4.78 is 0. The molecule has 4 nitrogen and oxygen atoms in total. The molecule has 0 fully saturated rings. The molecule has 156 valence electrons. The van der Waals surface area contributed by atoms with Gasteiger partial charge in [0.15, 0.2) is 0 Å². The number of benzene rings is 2. The molecule has 0 unspecified atom stereocenters. The van der Waals surface area contributed by atoms with Gasteiger partial charge in [-0.15, -0.1) is 0 Å². The van der Waals surface area contributed by atoms with E-state index >= 15 is 0 Å². The van der Waals surface area contributed by atoms with Gasteiger partial charge in [0, 0.05) is 12.6 Å². The first kappa shape index (κ1) is 22.7. The Kier molecular flexibility index (Phi) is 8.00. The Morgan fingerprint density at radius 3 is 2.14 bits per heavy atom. The van der Waals surface area contributed by atoms with Crippen molar-refractivity contribution in [2.24, 2.45) is 0 Å². The molecule has 0 aliphatic heterocycles. The van der Waals surface area contributed by atoms with E-state index in [0.29, 0.717) is 6.54 Å². The van der Waals surface area contributed by atoms with Gasteiger partial charge >= 0.3 is 0 Å². The Morgan fingerprint density at radius 2 is 1.55 bits per heavy atom. The second-order valence-electron chi connectivity index (χ2n) is 8.18. The Balaban J connectivity index is 2.26. The lowest BCUT2D eigenvalue weighted by Crippen LogP contribution is -2.49. The zero-order valence-corrected chi connectivity index (χ0v) is 18.6. The molecule has 1 N–H and O–H groups in total. The highest BCUT2D eigenvalue weighted by Crippen LogP contribution is 2.16. The summed E-state index contributed by atoms with van der Waals surface area (Å²) in [5, 5.41) is 3.01. The van der Waals surface area contributed by atoms with E-state index in [1.807, 2.05) is 71.9 Å². The van der Waals surface area contributed by atoms with Gasteiger partial charge in [-0.2, -0.15) is 0 Å². The smallest absolute Gasteiger partial charge is 0.242 e. The number of carbonyl (C=O) groups excluding carboxylic acids is 2. The van der Waals surface area contributed by atoms with Crippen LogP contribution in [0.2, 0.25) is 0 Å². The fourth-order valence-corrected chi connectivity index (χ4v) is 3.50. The maximum atomic E-state index is 13.3. The SMILES string of the molecule is CC[C@H](C)NC(=O)[C@@H](C)N(Cc1cccc(C)c1)C(=O)Cc1cc(C)cc(C)c1. The van der Waals surface area contributed by atoms with Crippen LogP contribution in [-0.4, -0.2) is 28.8 Å². The molecule has 0 spiro atoms. The summed E-state index contributed by atoms with van der Waals surface area (Å²) in [6.45, 7) is 12.3. The van der Waals surface area contributed by atoms with Crippen LogP contribution < -0.4 is 5.32 Å². The lowest BCUT2D eigenvalue weighted by molar-refractivity contribution is -0.140. The van der Waals surface area contributed by atoms with Crippen molar-refractivity contribution in [3.8, 4) is 0 Å². The molecule has 0 aromatic heterocycles. The highest BCUT2D eigenvalue weighted by molar-refractivity contribution is 5.88. The van der Waals surface area contributed by atoms with Gasteiger partial charge < -0.3 is 10.2 Å². The van der Waals surface area contributed by atoms with E-state index in [1.54, 1.807) is 4.90 Å². The third kappa shape index (κ3) is 6.74. The summed E-state index contributed by atoms with van der Waals surface area (Å²) in [5.74, 6) is -0.149. The maximum Gasteiger partial charge on any atom is 0.242 e. The topological polar surface area (TPSA) is 49.4 Å². The first-order valence-corrected chi connectivity index (χ1v) is 10.4. The Morgan fingerprint density at radius 1 is 0.931 bits per heavy atom. The van der Waals surface area contributed by atoms with Gasteiger partial charge in [-0.1, -0.05) is 66.1 Å². The minimum absolute atomic E-state index is 0.0386. The summed E-state index contributed by atoms with van der Waals surface area (Å²) in [6, 6.07) is 13.8. The first-order valence-electron chi connectivity index (χ1n) is 10.4. The number of aryl methyl sites for hydroxylation is 3. The lowest BCUT2D eigenvalue weighted by atomic mass is 10.0. The Hall–Kier alpha value is -2.62. The molecule has 2 aromatic rings. The number of nitrogens with one attached hydrogen (secondary N) is 1. The number of carbonyl (C=O) groups is 2. The zero-order chi connectivity index (χ0) is 21.6. The summed E-state index contributed by atoms with van der Waals surface area (Å²) in [5.41, 5.74) is 5.43. The number of hydrogen-bond donors (Lipinski definition) is 1. The van der Waals surface area contributed by atoms with Crippen LogP contribution in [0.4, 0.5) is 0 Å². The average Bonchev–Trinajstić information content (AvgIpc) is 2.64. The largest absolute Gasteiger partial charge is 0.352 e. The lowest BCUT2D eigenvalue weighted by Gasteiger charge is -2.30. The van der Waals surface area contributed by atoms with Crippen LogP contribution in [0.15, 0.2) is 42.5 Å². The molecule has 2 amide bonds. The number of rotatable bonds is 8. The van der Waals surface area contributed by atoms with Gasteiger partial charge in [0.1, 0.15) is 6.04 Å². The molecule has 0 saturated carbocycles. The highest BCUT2D eigenvalue weighted by Gasteiger charge is 2.27. The van der Waals surface area contributed by atoms with Crippen LogP contribution in [0, 0.1) is 20.8 Å². The van der Waals surface area contributed by atoms with Gasteiger partial charge in [0.05, 0.1) is 6.42 Å². The van der Waals surface area contributed by atoms with E-state index in [2.05, 4.69) is 17.4 Å². The molecule has 29 heavy (non-hydrogen) atoms. The predicted octanol–water partition coefficient (Wildman–Crippen LogP) is 4.49. The molecular formula is C25H34N2O2. The van der Waals surface area contributed by atoms with Crippen molar-refractivity contribution in [1.29, 1.82) is 0 Å². The predicted molar refractivity (Wildman–Crippen MR) is 119 cm³/mol. The van der Waals surface area contributed by atoms with E-state index in [0.717, 1.165) is 34.2 Å². The van der Waals surface area contributed by atoms with E-state index in [-0.39, 0.29) is 24.3 Å². The molecule has 0 bridgehead atoms. The summed E-state index contributed by atoms with van der Waals surface area (Å²) in [6.07, 6.45) is 1.14. The molecule has 2 aromatic carbocycles. The standard InChI is InChI=1S/C25H34N2O2/c1-7-20(5)26-25(29)21(6)27(16-22-10-8-9-17(2)12-22)24(28)15-23-13-18(3)11-19(4)14-23/h8-14,20-21H,7,15-16H2,1-6H3,(H,26,29)/t20-,21+/m0/s1. The maximum absolute atomic E-state index is 13.3. The quantitative estimate of drug-likeness (QED) is 0.717. The molecule has 0 radical (unpaired) electrons. The van der Waals surface area contributed by atoms with Gasteiger partial charge in [0.2, 0.25) is 11.8 Å². The van der Waals surface area contributed by atoms with Crippen LogP contribution in [0.3, 0.4) is 0 Å². The highest BCUT2D eigenvalue weighted by atomic mass is 16.2. The molecule has 2 atom stereocenters. The molecule has 4 heteroatoms. The first-order chi connectivity index (χ1) is 13.7. The van der Waals surface area contributed by atoms with Crippen molar-refractivity contribution in [3.63, 3.8) is 0 Å². The molecular weight excluding hydrogens is 360 g/mol. The van der Waals surface area contributed by atoms with Crippen LogP contribution in [0.5, 0.6) is 0 Å². The van der Waals surface area contributed by atoms with Gasteiger partial charge in [-0.05, 0) is 52.2 Å². The van der Waals surface area contributed by atoms with Crippen molar-refractivity contribution in [2.75, 3.05) is 0 Å². The van der Waals surface area contributed by atoms with E-state index < -0.39 is 6.04 Å². The van der Waals surface area contributed by atoms with Crippen molar-refractivity contribution >= 4 is 11.8 Å². The monoisotopic (exact) mass is 394 g/mol. The second-order valence-corrected chi connectivity index (χ2v) is 8.18. The van der Waals surface area contributed by atoms with Gasteiger partial charge in [0.25, 0.3) is 0 Å². The zero-order valence-electron chi connectivity index (χ0n) is 18.6. The fourth-order valence-electron chi connectivity index (χ4n) is 3.50. The molecule has 0 saturated heterocycles. The Bertz CT molecular complexity index is 839. The number of hydrogen-bond acceptors (Lipinski definition) is 2. The Labute approximate surface area is 175 Å². The third-order valence-electron chi connectivity index (χ3n) is 5.24. The van der Waals surface area contributed by atoms with Crippen molar-refractivity contribution in [3.05, 3.63) is 70.3 Å². The molecule has 0 heterocycles. The van der Waals surface area contributed by atoms with Crippen LogP contribution in [0.25, 0.3) is 0 Å². The average molecular weight is 395 g/mol. The number of nitrogens with zero attached hydrogens (tertiary/aromatic N) is 1. The van der Waals surface area contributed by atoms with E-state index in [9.17, 15) is 9.59 Å². The van der Waals surface area contributed by atoms with Crippen molar-refractivity contribution in [1.82, 2.24) is 10.2 Å². The molecule has 0 aliphatic rings. The molecule has 2 rings (SSSR count). The van der Waals surface area contributed by atoms with Crippen LogP contribution in [0.1, 0.15) is 55.0 Å². The van der Waals surface area contributed by atoms with Gasteiger partial charge in [-0.3, -0.25) is 9.59 Å². The fraction of sp³-hybridized carbons (Fsp3) is 0.440. The minimum atomic E-state index is -0.539.